The molecule has 0 heterocycles. The van der Waals surface area contributed by atoms with Crippen LogP contribution in [0.15, 0.2) is 84.9 Å². The van der Waals surface area contributed by atoms with Crippen molar-refractivity contribution in [2.45, 2.75) is 26.2 Å². The van der Waals surface area contributed by atoms with E-state index in [1.54, 1.807) is 12.1 Å². The minimum absolute atomic E-state index is 0.00211. The third-order valence-corrected chi connectivity index (χ3v) is 4.84. The Morgan fingerprint density at radius 2 is 1.43 bits per heavy atom. The van der Waals surface area contributed by atoms with E-state index < -0.39 is 0 Å². The molecule has 28 heavy (non-hydrogen) atoms. The van der Waals surface area contributed by atoms with Crippen molar-refractivity contribution >= 4 is 17.4 Å². The van der Waals surface area contributed by atoms with Crippen LogP contribution in [0.5, 0.6) is 0 Å². The number of aryl methyl sites for hydroxylation is 2. The molecule has 0 aromatic heterocycles. The van der Waals surface area contributed by atoms with E-state index in [1.807, 2.05) is 79.7 Å². The van der Waals surface area contributed by atoms with Gasteiger partial charge in [0.1, 0.15) is 0 Å². The Hall–Kier alpha value is -3.20. The van der Waals surface area contributed by atoms with Gasteiger partial charge in [-0.15, -0.1) is 0 Å². The first kappa shape index (κ1) is 19.6. The van der Waals surface area contributed by atoms with Crippen LogP contribution in [-0.4, -0.2) is 11.7 Å². The molecule has 0 fully saturated rings. The number of amides is 1. The Kier molecular flexibility index (Phi) is 6.74. The molecule has 0 saturated carbocycles. The van der Waals surface area contributed by atoms with Gasteiger partial charge in [-0.25, -0.2) is 0 Å². The Bertz CT molecular complexity index is 902. The van der Waals surface area contributed by atoms with Gasteiger partial charge in [-0.05, 0) is 37.5 Å². The third kappa shape index (κ3) is 5.65. The van der Waals surface area contributed by atoms with E-state index in [0.29, 0.717) is 12.0 Å². The van der Waals surface area contributed by atoms with E-state index in [-0.39, 0.29) is 24.0 Å². The molecule has 3 aromatic carbocycles. The van der Waals surface area contributed by atoms with Gasteiger partial charge in [0.25, 0.3) is 0 Å². The third-order valence-electron chi connectivity index (χ3n) is 4.84. The number of hydrogen-bond donors (Lipinski definition) is 1. The number of carbonyl (C=O) groups is 2. The summed E-state index contributed by atoms with van der Waals surface area (Å²) in [6, 6.07) is 26.9. The molecule has 1 unspecified atom stereocenters. The molecule has 1 N–H and O–H groups in total. The minimum atomic E-state index is -0.380. The average Bonchev–Trinajstić information content (AvgIpc) is 2.74. The number of anilines is 1. The number of ketones is 1. The lowest BCUT2D eigenvalue weighted by molar-refractivity contribution is -0.120. The van der Waals surface area contributed by atoms with Crippen LogP contribution in [0.3, 0.4) is 0 Å². The standard InChI is InChI=1S/C25H25NO2/c1-19-12-16-23(17-13-19)26-25(28)22(15-14-20-8-4-2-5-9-20)18-24(27)21-10-6-3-7-11-21/h2-13,16-17,22H,14-15,18H2,1H3,(H,26,28). The normalized spacial score (nSPS) is 11.6. The Labute approximate surface area is 166 Å². The highest BCUT2D eigenvalue weighted by molar-refractivity contribution is 6.01. The average molecular weight is 371 g/mol. The molecule has 0 aliphatic heterocycles. The molecule has 3 aromatic rings. The maximum Gasteiger partial charge on any atom is 0.227 e. The number of rotatable bonds is 8. The van der Waals surface area contributed by atoms with Crippen LogP contribution in [0.4, 0.5) is 5.69 Å². The SMILES string of the molecule is Cc1ccc(NC(=O)C(CCc2ccccc2)CC(=O)c2ccccc2)cc1. The quantitative estimate of drug-likeness (QED) is 0.535. The lowest BCUT2D eigenvalue weighted by Crippen LogP contribution is -2.26. The van der Waals surface area contributed by atoms with Crippen LogP contribution in [0.2, 0.25) is 0 Å². The second-order valence-electron chi connectivity index (χ2n) is 7.07. The van der Waals surface area contributed by atoms with Gasteiger partial charge in [-0.2, -0.15) is 0 Å². The summed E-state index contributed by atoms with van der Waals surface area (Å²) in [6.07, 6.45) is 1.59. The predicted molar refractivity (Wildman–Crippen MR) is 113 cm³/mol. The van der Waals surface area contributed by atoms with Crippen molar-refractivity contribution in [2.24, 2.45) is 5.92 Å². The van der Waals surface area contributed by atoms with Crippen molar-refractivity contribution in [3.05, 3.63) is 102 Å². The van der Waals surface area contributed by atoms with Gasteiger partial charge in [0.15, 0.2) is 5.78 Å². The van der Waals surface area contributed by atoms with Crippen molar-refractivity contribution < 1.29 is 9.59 Å². The highest BCUT2D eigenvalue weighted by Crippen LogP contribution is 2.20. The first-order valence-corrected chi connectivity index (χ1v) is 9.61. The second kappa shape index (κ2) is 9.65. The summed E-state index contributed by atoms with van der Waals surface area (Å²) >= 11 is 0. The van der Waals surface area contributed by atoms with Gasteiger partial charge >= 0.3 is 0 Å². The molecule has 1 atom stereocenters. The molecule has 3 heteroatoms. The number of Topliss-reactive ketones (excluding diaryl/α,β-unsaturated/α-hetero) is 1. The summed E-state index contributed by atoms with van der Waals surface area (Å²) in [6.45, 7) is 2.01. The lowest BCUT2D eigenvalue weighted by Gasteiger charge is -2.17. The molecule has 0 saturated heterocycles. The van der Waals surface area contributed by atoms with E-state index in [0.717, 1.165) is 17.7 Å². The minimum Gasteiger partial charge on any atom is -0.326 e. The Balaban J connectivity index is 1.71. The molecule has 3 rings (SSSR count). The first-order chi connectivity index (χ1) is 13.6. The molecular weight excluding hydrogens is 346 g/mol. The molecule has 0 aliphatic carbocycles. The molecule has 0 bridgehead atoms. The summed E-state index contributed by atoms with van der Waals surface area (Å²) in [5, 5.41) is 2.97. The maximum atomic E-state index is 12.9. The predicted octanol–water partition coefficient (Wildman–Crippen LogP) is 5.46. The highest BCUT2D eigenvalue weighted by Gasteiger charge is 2.22. The van der Waals surface area contributed by atoms with Gasteiger partial charge < -0.3 is 5.32 Å². The summed E-state index contributed by atoms with van der Waals surface area (Å²) in [5.74, 6) is -0.490. The number of carbonyl (C=O) groups excluding carboxylic acids is 2. The first-order valence-electron chi connectivity index (χ1n) is 9.61. The van der Waals surface area contributed by atoms with Crippen LogP contribution in [0.25, 0.3) is 0 Å². The van der Waals surface area contributed by atoms with Crippen LogP contribution < -0.4 is 5.32 Å². The fraction of sp³-hybridized carbons (Fsp3) is 0.200. The zero-order valence-electron chi connectivity index (χ0n) is 16.1. The Morgan fingerprint density at radius 3 is 2.07 bits per heavy atom. The summed E-state index contributed by atoms with van der Waals surface area (Å²) in [7, 11) is 0. The van der Waals surface area contributed by atoms with Gasteiger partial charge in [0.2, 0.25) is 5.91 Å². The van der Waals surface area contributed by atoms with Crippen LogP contribution in [-0.2, 0) is 11.2 Å². The van der Waals surface area contributed by atoms with Crippen LogP contribution in [0, 0.1) is 12.8 Å². The van der Waals surface area contributed by atoms with E-state index in [1.165, 1.54) is 5.56 Å². The van der Waals surface area contributed by atoms with E-state index in [2.05, 4.69) is 5.32 Å². The summed E-state index contributed by atoms with van der Waals surface area (Å²) < 4.78 is 0. The molecule has 0 radical (unpaired) electrons. The van der Waals surface area contributed by atoms with Crippen molar-refractivity contribution in [1.29, 1.82) is 0 Å². The maximum absolute atomic E-state index is 12.9. The smallest absolute Gasteiger partial charge is 0.227 e. The number of nitrogens with one attached hydrogen (secondary N) is 1. The van der Waals surface area contributed by atoms with Crippen molar-refractivity contribution in [3.8, 4) is 0 Å². The molecule has 0 aliphatic rings. The van der Waals surface area contributed by atoms with Crippen molar-refractivity contribution in [1.82, 2.24) is 0 Å². The molecule has 3 nitrogen and oxygen atoms in total. The fourth-order valence-corrected chi connectivity index (χ4v) is 3.16. The summed E-state index contributed by atoms with van der Waals surface area (Å²) in [4.78, 5) is 25.6. The zero-order chi connectivity index (χ0) is 19.8. The fourth-order valence-electron chi connectivity index (χ4n) is 3.16. The largest absolute Gasteiger partial charge is 0.326 e. The van der Waals surface area contributed by atoms with Gasteiger partial charge in [-0.3, -0.25) is 9.59 Å². The highest BCUT2D eigenvalue weighted by atomic mass is 16.2. The molecular formula is C25H25NO2. The molecule has 1 amide bonds. The second-order valence-corrected chi connectivity index (χ2v) is 7.07. The summed E-state index contributed by atoms with van der Waals surface area (Å²) in [5.41, 5.74) is 3.71. The van der Waals surface area contributed by atoms with E-state index in [4.69, 9.17) is 0 Å². The van der Waals surface area contributed by atoms with Crippen molar-refractivity contribution in [2.75, 3.05) is 5.32 Å². The van der Waals surface area contributed by atoms with Gasteiger partial charge in [-0.1, -0.05) is 78.4 Å². The van der Waals surface area contributed by atoms with Gasteiger partial charge in [0.05, 0.1) is 0 Å². The zero-order valence-corrected chi connectivity index (χ0v) is 16.1. The number of benzene rings is 3. The van der Waals surface area contributed by atoms with Crippen LogP contribution in [0.1, 0.15) is 34.3 Å². The topological polar surface area (TPSA) is 46.2 Å². The van der Waals surface area contributed by atoms with Gasteiger partial charge in [0, 0.05) is 23.6 Å². The van der Waals surface area contributed by atoms with Crippen molar-refractivity contribution in [3.63, 3.8) is 0 Å². The van der Waals surface area contributed by atoms with E-state index in [9.17, 15) is 9.59 Å². The molecule has 142 valence electrons. The monoisotopic (exact) mass is 371 g/mol. The molecule has 0 spiro atoms. The Morgan fingerprint density at radius 1 is 0.821 bits per heavy atom. The van der Waals surface area contributed by atoms with E-state index >= 15 is 0 Å². The van der Waals surface area contributed by atoms with Crippen LogP contribution >= 0.6 is 0 Å². The number of hydrogen-bond acceptors (Lipinski definition) is 2. The lowest BCUT2D eigenvalue weighted by atomic mass is 9.91.